The smallest absolute Gasteiger partial charge is 0.333 e. The molecule has 9 aromatic rings. The largest absolute Gasteiger partial charge is 0.456 e. The minimum Gasteiger partial charge on any atom is -0.456 e. The van der Waals surface area contributed by atoms with Gasteiger partial charge in [0.25, 0.3) is 0 Å². The van der Waals surface area contributed by atoms with E-state index in [9.17, 15) is 0 Å². The first-order valence-corrected chi connectivity index (χ1v) is 24.5. The molecule has 3 heterocycles. The Bertz CT molecular complexity index is 3470. The molecule has 338 valence electrons. The number of nitrogens with zero attached hydrogens (tertiary/aromatic N) is 2. The quantitative estimate of drug-likeness (QED) is 0.164. The highest BCUT2D eigenvalue weighted by molar-refractivity contribution is 6.94. The van der Waals surface area contributed by atoms with E-state index in [1.165, 1.54) is 111 Å². The predicted octanol–water partition coefficient (Wildman–Crippen LogP) is 16.8. The van der Waals surface area contributed by atoms with E-state index in [0.717, 1.165) is 22.5 Å². The van der Waals surface area contributed by atoms with Gasteiger partial charge < -0.3 is 14.1 Å². The summed E-state index contributed by atoms with van der Waals surface area (Å²) >= 11 is 0. The molecule has 8 aromatic carbocycles. The van der Waals surface area contributed by atoms with Crippen LogP contribution in [0.15, 0.2) is 150 Å². The standard InChI is InChI=1S/C64H63BN2O/c1-38-17-14-18-39(2)57(38)42-21-16-22-48(33-42)66-53-34-43(58-40(3)19-15-20-41(58)4)23-30-51(53)65-61-54(66)37-56-59(50-36-46(64(11,12)13)27-32-55(50)68-56)60(61)49-35-45(63(8,9)10)26-31-52(49)67(65)47-28-24-44(25-29-47)62(5,6)7/h14-37H,1-13H3. The van der Waals surface area contributed by atoms with Crippen LogP contribution < -0.4 is 20.6 Å². The van der Waals surface area contributed by atoms with Gasteiger partial charge in [-0.05, 0) is 176 Å². The molecule has 0 radical (unpaired) electrons. The molecule has 0 aliphatic carbocycles. The van der Waals surface area contributed by atoms with Crippen LogP contribution in [0.5, 0.6) is 0 Å². The van der Waals surface area contributed by atoms with E-state index < -0.39 is 0 Å². The maximum absolute atomic E-state index is 7.14. The second-order valence-corrected chi connectivity index (χ2v) is 22.9. The summed E-state index contributed by atoms with van der Waals surface area (Å²) in [6.45, 7) is 29.6. The third kappa shape index (κ3) is 6.93. The minimum absolute atomic E-state index is 0.0208. The summed E-state index contributed by atoms with van der Waals surface area (Å²) < 4.78 is 7.14. The molecule has 0 saturated heterocycles. The van der Waals surface area contributed by atoms with Crippen molar-refractivity contribution in [1.82, 2.24) is 0 Å². The molecule has 68 heavy (non-hydrogen) atoms. The highest BCUT2D eigenvalue weighted by Crippen LogP contribution is 2.52. The van der Waals surface area contributed by atoms with E-state index in [2.05, 4.69) is 245 Å². The summed E-state index contributed by atoms with van der Waals surface area (Å²) in [4.78, 5) is 5.21. The molecule has 0 unspecified atom stereocenters. The minimum atomic E-state index is -0.159. The topological polar surface area (TPSA) is 19.6 Å². The zero-order valence-corrected chi connectivity index (χ0v) is 42.2. The molecule has 1 aromatic heterocycles. The van der Waals surface area contributed by atoms with E-state index >= 15 is 0 Å². The summed E-state index contributed by atoms with van der Waals surface area (Å²) in [6, 6.07) is 55.7. The summed E-state index contributed by atoms with van der Waals surface area (Å²) in [6.07, 6.45) is 0. The maximum Gasteiger partial charge on any atom is 0.333 e. The van der Waals surface area contributed by atoms with Gasteiger partial charge in [0.15, 0.2) is 0 Å². The van der Waals surface area contributed by atoms with Crippen LogP contribution in [-0.2, 0) is 16.2 Å². The number of aryl methyl sites for hydroxylation is 4. The SMILES string of the molecule is Cc1cccc(C)c1-c1cccc(N2c3cc(-c4c(C)cccc4C)ccc3B3c4c2cc2oc5ccc(C(C)(C)C)cc5c2c4-c2cc(C(C)(C)C)ccc2N3c2ccc(C(C)(C)C)cc2)c1. The summed E-state index contributed by atoms with van der Waals surface area (Å²) in [5, 5.41) is 2.35. The van der Waals surface area contributed by atoms with Gasteiger partial charge in [-0.2, -0.15) is 0 Å². The average molecular weight is 887 g/mol. The number of anilines is 5. The van der Waals surface area contributed by atoms with Crippen molar-refractivity contribution < 1.29 is 4.42 Å². The van der Waals surface area contributed by atoms with Crippen LogP contribution in [0, 0.1) is 27.7 Å². The first-order chi connectivity index (χ1) is 32.3. The second kappa shape index (κ2) is 15.4. The number of rotatable bonds is 4. The van der Waals surface area contributed by atoms with Crippen molar-refractivity contribution in [3.8, 4) is 33.4 Å². The summed E-state index contributed by atoms with van der Waals surface area (Å²) in [7, 11) is 0. The van der Waals surface area contributed by atoms with Crippen LogP contribution in [0.4, 0.5) is 28.4 Å². The average Bonchev–Trinajstić information content (AvgIpc) is 3.65. The molecule has 0 amide bonds. The third-order valence-corrected chi connectivity index (χ3v) is 15.0. The Morgan fingerprint density at radius 2 is 0.985 bits per heavy atom. The van der Waals surface area contributed by atoms with E-state index in [1.807, 2.05) is 0 Å². The molecule has 0 N–H and O–H groups in total. The molecule has 4 heteroatoms. The predicted molar refractivity (Wildman–Crippen MR) is 293 cm³/mol. The zero-order valence-electron chi connectivity index (χ0n) is 42.2. The number of hydrogen-bond acceptors (Lipinski definition) is 3. The summed E-state index contributed by atoms with van der Waals surface area (Å²) in [5.74, 6) is 0. The molecule has 0 saturated carbocycles. The normalized spacial score (nSPS) is 13.6. The van der Waals surface area contributed by atoms with Gasteiger partial charge in [-0.3, -0.25) is 0 Å². The Morgan fingerprint density at radius 3 is 1.60 bits per heavy atom. The first kappa shape index (κ1) is 43.8. The van der Waals surface area contributed by atoms with Gasteiger partial charge in [0.1, 0.15) is 11.2 Å². The van der Waals surface area contributed by atoms with Gasteiger partial charge in [0.05, 0.1) is 0 Å². The molecular formula is C64H63BN2O. The van der Waals surface area contributed by atoms with E-state index in [1.54, 1.807) is 0 Å². The summed E-state index contributed by atoms with van der Waals surface area (Å²) in [5.41, 5.74) is 26.6. The van der Waals surface area contributed by atoms with Crippen molar-refractivity contribution in [2.24, 2.45) is 0 Å². The number of benzene rings is 8. The fourth-order valence-corrected chi connectivity index (χ4v) is 11.4. The lowest BCUT2D eigenvalue weighted by atomic mass is 9.43. The second-order valence-electron chi connectivity index (χ2n) is 22.9. The Kier molecular flexibility index (Phi) is 9.90. The van der Waals surface area contributed by atoms with Crippen LogP contribution in [0.3, 0.4) is 0 Å². The van der Waals surface area contributed by atoms with Crippen molar-refractivity contribution in [2.75, 3.05) is 9.71 Å². The number of hydrogen-bond donors (Lipinski definition) is 0. The van der Waals surface area contributed by atoms with Gasteiger partial charge in [0, 0.05) is 50.8 Å². The van der Waals surface area contributed by atoms with Gasteiger partial charge in [-0.15, -0.1) is 0 Å². The molecule has 11 rings (SSSR count). The van der Waals surface area contributed by atoms with Crippen molar-refractivity contribution in [1.29, 1.82) is 0 Å². The zero-order chi connectivity index (χ0) is 47.8. The van der Waals surface area contributed by atoms with E-state index in [4.69, 9.17) is 4.42 Å². The lowest BCUT2D eigenvalue weighted by Crippen LogP contribution is -2.61. The Hall–Kier alpha value is -6.78. The van der Waals surface area contributed by atoms with E-state index in [0.29, 0.717) is 0 Å². The number of furan rings is 1. The van der Waals surface area contributed by atoms with Gasteiger partial charge >= 0.3 is 6.85 Å². The molecule has 3 nitrogen and oxygen atoms in total. The van der Waals surface area contributed by atoms with Gasteiger partial charge in [-0.1, -0.05) is 147 Å². The third-order valence-electron chi connectivity index (χ3n) is 15.0. The monoisotopic (exact) mass is 887 g/mol. The number of fused-ring (bicyclic) bond motifs is 8. The van der Waals surface area contributed by atoms with E-state index in [-0.39, 0.29) is 23.1 Å². The Balaban J connectivity index is 1.31. The van der Waals surface area contributed by atoms with Crippen molar-refractivity contribution in [3.63, 3.8) is 0 Å². The molecule has 2 aliphatic rings. The highest BCUT2D eigenvalue weighted by atomic mass is 16.3. The van der Waals surface area contributed by atoms with Crippen LogP contribution in [0.25, 0.3) is 55.3 Å². The lowest BCUT2D eigenvalue weighted by Gasteiger charge is -2.46. The highest BCUT2D eigenvalue weighted by Gasteiger charge is 2.47. The van der Waals surface area contributed by atoms with Crippen molar-refractivity contribution in [2.45, 2.75) is 106 Å². The van der Waals surface area contributed by atoms with Crippen LogP contribution >= 0.6 is 0 Å². The van der Waals surface area contributed by atoms with Crippen molar-refractivity contribution in [3.05, 3.63) is 185 Å². The van der Waals surface area contributed by atoms with Crippen LogP contribution in [0.2, 0.25) is 0 Å². The fraction of sp³-hybridized carbons (Fsp3) is 0.250. The fourth-order valence-electron chi connectivity index (χ4n) is 11.4. The Morgan fingerprint density at radius 1 is 0.426 bits per heavy atom. The van der Waals surface area contributed by atoms with Crippen LogP contribution in [0.1, 0.15) is 101 Å². The van der Waals surface area contributed by atoms with Crippen molar-refractivity contribution >= 4 is 68.1 Å². The van der Waals surface area contributed by atoms with Crippen LogP contribution in [-0.4, -0.2) is 6.85 Å². The molecule has 0 spiro atoms. The molecule has 0 atom stereocenters. The molecule has 2 aliphatic heterocycles. The molecular weight excluding hydrogens is 824 g/mol. The first-order valence-electron chi connectivity index (χ1n) is 24.5. The molecule has 0 fully saturated rings. The lowest BCUT2D eigenvalue weighted by molar-refractivity contribution is 0.590. The maximum atomic E-state index is 7.14. The van der Waals surface area contributed by atoms with Gasteiger partial charge in [-0.25, -0.2) is 0 Å². The Labute approximate surface area is 404 Å². The molecule has 0 bridgehead atoms. The van der Waals surface area contributed by atoms with Gasteiger partial charge in [0.2, 0.25) is 0 Å².